The Bertz CT molecular complexity index is 310. The molecular formula is C12H17F5O2. The van der Waals surface area contributed by atoms with Crippen LogP contribution in [0.25, 0.3) is 0 Å². The molecule has 0 aromatic heterocycles. The van der Waals surface area contributed by atoms with E-state index in [1.807, 2.05) is 0 Å². The van der Waals surface area contributed by atoms with Crippen molar-refractivity contribution in [3.05, 3.63) is 0 Å². The lowest BCUT2D eigenvalue weighted by atomic mass is 9.73. The van der Waals surface area contributed by atoms with Gasteiger partial charge in [0.25, 0.3) is 0 Å². The number of rotatable bonds is 5. The zero-order valence-corrected chi connectivity index (χ0v) is 10.6. The van der Waals surface area contributed by atoms with Crippen LogP contribution in [0.5, 0.6) is 0 Å². The standard InChI is InChI=1S/C12H17F5O2/c1-2-19-10(8-18,9-6-4-3-5-7-9)11(13,14)12(15,16)17/h8-9H,2-7H2,1H3. The number of aldehydes is 1. The molecule has 1 fully saturated rings. The predicted molar refractivity (Wildman–Crippen MR) is 58.0 cm³/mol. The van der Waals surface area contributed by atoms with E-state index in [1.54, 1.807) is 0 Å². The molecule has 0 radical (unpaired) electrons. The molecule has 0 spiro atoms. The summed E-state index contributed by atoms with van der Waals surface area (Å²) in [6.07, 6.45) is -4.03. The Morgan fingerprint density at radius 2 is 1.63 bits per heavy atom. The van der Waals surface area contributed by atoms with E-state index in [0.29, 0.717) is 12.8 Å². The highest BCUT2D eigenvalue weighted by Crippen LogP contribution is 2.50. The SMILES string of the molecule is CCOC(C=O)(C1CCCCC1)C(F)(F)C(F)(F)F. The molecule has 0 heterocycles. The van der Waals surface area contributed by atoms with E-state index >= 15 is 0 Å². The number of ether oxygens (including phenoxy) is 1. The summed E-state index contributed by atoms with van der Waals surface area (Å²) in [4.78, 5) is 11.1. The van der Waals surface area contributed by atoms with Crippen molar-refractivity contribution >= 4 is 6.29 Å². The lowest BCUT2D eigenvalue weighted by Crippen LogP contribution is -2.63. The van der Waals surface area contributed by atoms with Gasteiger partial charge in [-0.05, 0) is 19.8 Å². The topological polar surface area (TPSA) is 26.3 Å². The van der Waals surface area contributed by atoms with Crippen LogP contribution in [-0.2, 0) is 9.53 Å². The van der Waals surface area contributed by atoms with Crippen LogP contribution in [0.1, 0.15) is 39.0 Å². The zero-order valence-electron chi connectivity index (χ0n) is 10.6. The van der Waals surface area contributed by atoms with Crippen molar-refractivity contribution in [2.24, 2.45) is 5.92 Å². The fourth-order valence-electron chi connectivity index (χ4n) is 2.66. The van der Waals surface area contributed by atoms with E-state index in [1.165, 1.54) is 6.92 Å². The summed E-state index contributed by atoms with van der Waals surface area (Å²) in [6, 6.07) is 0. The molecule has 0 aromatic rings. The number of hydrogen-bond donors (Lipinski definition) is 0. The minimum Gasteiger partial charge on any atom is -0.361 e. The van der Waals surface area contributed by atoms with E-state index in [2.05, 4.69) is 4.74 Å². The summed E-state index contributed by atoms with van der Waals surface area (Å²) < 4.78 is 70.0. The van der Waals surface area contributed by atoms with E-state index in [9.17, 15) is 26.7 Å². The average molecular weight is 288 g/mol. The smallest absolute Gasteiger partial charge is 0.361 e. The van der Waals surface area contributed by atoms with Gasteiger partial charge in [-0.1, -0.05) is 19.3 Å². The van der Waals surface area contributed by atoms with Crippen LogP contribution < -0.4 is 0 Å². The number of hydrogen-bond acceptors (Lipinski definition) is 2. The highest BCUT2D eigenvalue weighted by Gasteiger charge is 2.73. The molecule has 0 N–H and O–H groups in total. The fraction of sp³-hybridized carbons (Fsp3) is 0.917. The molecule has 0 bridgehead atoms. The highest BCUT2D eigenvalue weighted by atomic mass is 19.4. The van der Waals surface area contributed by atoms with Crippen LogP contribution in [0.4, 0.5) is 22.0 Å². The van der Waals surface area contributed by atoms with Gasteiger partial charge in [-0.2, -0.15) is 22.0 Å². The first-order valence-corrected chi connectivity index (χ1v) is 6.27. The Balaban J connectivity index is 3.20. The van der Waals surface area contributed by atoms with Crippen LogP contribution in [-0.4, -0.2) is 30.6 Å². The van der Waals surface area contributed by atoms with Crippen LogP contribution in [0.3, 0.4) is 0 Å². The van der Waals surface area contributed by atoms with Crippen molar-refractivity contribution < 1.29 is 31.5 Å². The molecule has 1 aliphatic rings. The van der Waals surface area contributed by atoms with Gasteiger partial charge < -0.3 is 4.74 Å². The normalized spacial score (nSPS) is 22.0. The molecule has 0 saturated heterocycles. The lowest BCUT2D eigenvalue weighted by molar-refractivity contribution is -0.347. The molecule has 0 amide bonds. The minimum atomic E-state index is -5.81. The Hall–Kier alpha value is -0.720. The van der Waals surface area contributed by atoms with Crippen LogP contribution in [0.15, 0.2) is 0 Å². The molecule has 1 aliphatic carbocycles. The van der Waals surface area contributed by atoms with Gasteiger partial charge in [-0.15, -0.1) is 0 Å². The molecule has 1 saturated carbocycles. The van der Waals surface area contributed by atoms with E-state index in [0.717, 1.165) is 6.42 Å². The van der Waals surface area contributed by atoms with Gasteiger partial charge in [0.2, 0.25) is 0 Å². The van der Waals surface area contributed by atoms with Gasteiger partial charge in [0, 0.05) is 12.5 Å². The molecule has 112 valence electrons. The highest BCUT2D eigenvalue weighted by molar-refractivity contribution is 5.66. The summed E-state index contributed by atoms with van der Waals surface area (Å²) >= 11 is 0. The maximum absolute atomic E-state index is 13.7. The van der Waals surface area contributed by atoms with Crippen LogP contribution in [0.2, 0.25) is 0 Å². The summed E-state index contributed by atoms with van der Waals surface area (Å²) in [5.41, 5.74) is -3.10. The quantitative estimate of drug-likeness (QED) is 0.569. The Kier molecular flexibility index (Phi) is 4.92. The molecule has 2 nitrogen and oxygen atoms in total. The summed E-state index contributed by atoms with van der Waals surface area (Å²) in [5.74, 6) is -6.28. The van der Waals surface area contributed by atoms with Gasteiger partial charge in [0.15, 0.2) is 11.9 Å². The second-order valence-corrected chi connectivity index (χ2v) is 4.75. The van der Waals surface area contributed by atoms with Gasteiger partial charge in [-0.25, -0.2) is 0 Å². The lowest BCUT2D eigenvalue weighted by Gasteiger charge is -2.43. The van der Waals surface area contributed by atoms with E-state index < -0.39 is 23.6 Å². The van der Waals surface area contributed by atoms with E-state index in [4.69, 9.17) is 0 Å². The zero-order chi connectivity index (χ0) is 14.7. The predicted octanol–water partition coefficient (Wildman–Crippen LogP) is 3.74. The molecule has 7 heteroatoms. The van der Waals surface area contributed by atoms with Gasteiger partial charge >= 0.3 is 12.1 Å². The maximum atomic E-state index is 13.7. The Morgan fingerprint density at radius 3 is 2.00 bits per heavy atom. The summed E-state index contributed by atoms with van der Waals surface area (Å²) in [5, 5.41) is 0. The van der Waals surface area contributed by atoms with Crippen molar-refractivity contribution in [2.75, 3.05) is 6.61 Å². The number of carbonyl (C=O) groups is 1. The molecular weight excluding hydrogens is 271 g/mol. The number of alkyl halides is 5. The van der Waals surface area contributed by atoms with Crippen molar-refractivity contribution in [1.29, 1.82) is 0 Å². The van der Waals surface area contributed by atoms with Gasteiger partial charge in [0.1, 0.15) is 0 Å². The van der Waals surface area contributed by atoms with Crippen molar-refractivity contribution in [2.45, 2.75) is 56.7 Å². The third-order valence-electron chi connectivity index (χ3n) is 3.62. The van der Waals surface area contributed by atoms with Crippen molar-refractivity contribution in [1.82, 2.24) is 0 Å². The second kappa shape index (κ2) is 5.73. The third-order valence-corrected chi connectivity index (χ3v) is 3.62. The number of carbonyl (C=O) groups excluding carboxylic acids is 1. The first kappa shape index (κ1) is 16.3. The molecule has 1 atom stereocenters. The summed E-state index contributed by atoms with van der Waals surface area (Å²) in [6.45, 7) is 0.925. The van der Waals surface area contributed by atoms with Crippen molar-refractivity contribution in [3.63, 3.8) is 0 Å². The van der Waals surface area contributed by atoms with Gasteiger partial charge in [0.05, 0.1) is 0 Å². The Morgan fingerprint density at radius 1 is 1.11 bits per heavy atom. The average Bonchev–Trinajstić information content (AvgIpc) is 2.35. The van der Waals surface area contributed by atoms with Crippen molar-refractivity contribution in [3.8, 4) is 0 Å². The van der Waals surface area contributed by atoms with Crippen LogP contribution in [0, 0.1) is 5.92 Å². The monoisotopic (exact) mass is 288 g/mol. The fourth-order valence-corrected chi connectivity index (χ4v) is 2.66. The molecule has 1 unspecified atom stereocenters. The first-order valence-electron chi connectivity index (χ1n) is 6.27. The number of halogens is 5. The minimum absolute atomic E-state index is 0.143. The second-order valence-electron chi connectivity index (χ2n) is 4.75. The van der Waals surface area contributed by atoms with Crippen LogP contribution >= 0.6 is 0 Å². The van der Waals surface area contributed by atoms with E-state index in [-0.39, 0.29) is 25.7 Å². The third kappa shape index (κ3) is 2.75. The largest absolute Gasteiger partial charge is 0.456 e. The molecule has 19 heavy (non-hydrogen) atoms. The van der Waals surface area contributed by atoms with Gasteiger partial charge in [-0.3, -0.25) is 4.79 Å². The molecule has 0 aromatic carbocycles. The molecule has 1 rings (SSSR count). The first-order chi connectivity index (χ1) is 8.73. The molecule has 0 aliphatic heterocycles. The maximum Gasteiger partial charge on any atom is 0.456 e. The Labute approximate surface area is 108 Å². The summed E-state index contributed by atoms with van der Waals surface area (Å²) in [7, 11) is 0.